The zero-order chi connectivity index (χ0) is 46.3. The second-order valence-electron chi connectivity index (χ2n) is 15.5. The molecule has 0 unspecified atom stereocenters. The topological polar surface area (TPSA) is 162 Å². The molecule has 6 rings (SSSR count). The van der Waals surface area contributed by atoms with Gasteiger partial charge in [0.1, 0.15) is 4.90 Å². The SMILES string of the molecule is CCN(CC)c1c(C)cc(C)c(NS(=O)(=O)c2cc(Cl)cc(Cl)c2O)c1C.Cc1cccc(C(=O)Nc2c(C)cc(C)c(N3CCCC3)c2C)c1C.NS(=O)(=O)c1ccccc1. The Morgan fingerprint density at radius 3 is 1.87 bits per heavy atom. The second kappa shape index (κ2) is 21.1. The van der Waals surface area contributed by atoms with Gasteiger partial charge in [-0.15, -0.1) is 0 Å². The standard InChI is InChI=1S/C22H28N2O.C19H24Cl2N2O3S.C6H7NO2S/c1-14-9-8-10-19(17(14)4)22(25)23-20-15(2)13-16(3)21(18(20)5)24-11-6-7-12-24;1-6-23(7-2)18-12(4)8-11(3)17(13(18)5)22-27(25,26)16-10-14(20)9-15(21)19(16)24;7-10(8,9)6-4-2-1-3-5-6/h8-10,13H,6-7,11-12H2,1-5H3,(H,23,25);8-10,22,24H,6-7H2,1-5H3;1-5H,(H2,7,8,9). The average Bonchev–Trinajstić information content (AvgIpc) is 3.74. The maximum atomic E-state index is 12.9. The normalized spacial score (nSPS) is 12.5. The number of halogens is 2. The van der Waals surface area contributed by atoms with E-state index in [0.717, 1.165) is 76.5 Å². The Kier molecular flexibility index (Phi) is 16.9. The van der Waals surface area contributed by atoms with E-state index < -0.39 is 25.8 Å². The zero-order valence-corrected chi connectivity index (χ0v) is 40.3. The van der Waals surface area contributed by atoms with Crippen LogP contribution in [0.2, 0.25) is 10.0 Å². The monoisotopic (exact) mass is 923 g/mol. The van der Waals surface area contributed by atoms with Crippen LogP contribution in [0.3, 0.4) is 0 Å². The summed E-state index contributed by atoms with van der Waals surface area (Å²) in [4.78, 5) is 17.3. The molecule has 1 amide bonds. The first-order chi connectivity index (χ1) is 29.0. The van der Waals surface area contributed by atoms with Crippen LogP contribution in [0.5, 0.6) is 5.75 Å². The fourth-order valence-electron chi connectivity index (χ4n) is 7.88. The van der Waals surface area contributed by atoms with Crippen molar-refractivity contribution in [3.8, 4) is 5.75 Å². The Balaban J connectivity index is 0.000000224. The van der Waals surface area contributed by atoms with Gasteiger partial charge in [0.15, 0.2) is 5.75 Å². The van der Waals surface area contributed by atoms with Crippen molar-refractivity contribution in [3.63, 3.8) is 0 Å². The largest absolute Gasteiger partial charge is 0.505 e. The number of primary sulfonamides is 1. The minimum atomic E-state index is -4.09. The molecule has 0 saturated carbocycles. The molecule has 15 heteroatoms. The average molecular weight is 925 g/mol. The molecule has 5 aromatic rings. The van der Waals surface area contributed by atoms with Crippen LogP contribution >= 0.6 is 23.2 Å². The summed E-state index contributed by atoms with van der Waals surface area (Å²) < 4.78 is 49.7. The van der Waals surface area contributed by atoms with Gasteiger partial charge in [-0.2, -0.15) is 0 Å². The van der Waals surface area contributed by atoms with Crippen molar-refractivity contribution in [2.75, 3.05) is 46.0 Å². The van der Waals surface area contributed by atoms with Crippen LogP contribution in [-0.2, 0) is 20.0 Å². The van der Waals surface area contributed by atoms with E-state index >= 15 is 0 Å². The number of sulfonamides is 2. The van der Waals surface area contributed by atoms with Gasteiger partial charge < -0.3 is 20.2 Å². The third kappa shape index (κ3) is 11.8. The summed E-state index contributed by atoms with van der Waals surface area (Å²) in [6.45, 7) is 24.1. The van der Waals surface area contributed by atoms with Crippen molar-refractivity contribution in [2.45, 2.75) is 91.9 Å². The number of phenolic OH excluding ortho intramolecular Hbond substituents is 1. The minimum Gasteiger partial charge on any atom is -0.505 e. The lowest BCUT2D eigenvalue weighted by Gasteiger charge is -2.28. The molecule has 62 heavy (non-hydrogen) atoms. The Bertz CT molecular complexity index is 2650. The molecular weight excluding hydrogens is 866 g/mol. The summed E-state index contributed by atoms with van der Waals surface area (Å²) in [5.41, 5.74) is 12.9. The molecule has 334 valence electrons. The predicted octanol–water partition coefficient (Wildman–Crippen LogP) is 10.7. The van der Waals surface area contributed by atoms with E-state index in [4.69, 9.17) is 28.3 Å². The molecule has 0 bridgehead atoms. The van der Waals surface area contributed by atoms with Crippen LogP contribution in [0.25, 0.3) is 0 Å². The summed E-state index contributed by atoms with van der Waals surface area (Å²) in [6, 6.07) is 20.4. The number of amides is 1. The quantitative estimate of drug-likeness (QED) is 0.108. The van der Waals surface area contributed by atoms with E-state index in [2.05, 4.69) is 60.5 Å². The van der Waals surface area contributed by atoms with Crippen molar-refractivity contribution < 1.29 is 26.7 Å². The van der Waals surface area contributed by atoms with Gasteiger partial charge in [0, 0.05) is 53.8 Å². The number of rotatable bonds is 10. The van der Waals surface area contributed by atoms with Gasteiger partial charge in [-0.3, -0.25) is 9.52 Å². The Hall–Kier alpha value is -4.79. The number of carbonyl (C=O) groups excluding carboxylic acids is 1. The molecular formula is C47H59Cl2N5O6S2. The molecule has 1 heterocycles. The highest BCUT2D eigenvalue weighted by Crippen LogP contribution is 2.39. The summed E-state index contributed by atoms with van der Waals surface area (Å²) in [6.07, 6.45) is 2.49. The predicted molar refractivity (Wildman–Crippen MR) is 257 cm³/mol. The summed E-state index contributed by atoms with van der Waals surface area (Å²) in [5, 5.41) is 18.1. The molecule has 1 saturated heterocycles. The van der Waals surface area contributed by atoms with Gasteiger partial charge >= 0.3 is 0 Å². The Morgan fingerprint density at radius 1 is 0.726 bits per heavy atom. The lowest BCUT2D eigenvalue weighted by atomic mass is 9.99. The molecule has 1 aliphatic rings. The van der Waals surface area contributed by atoms with Crippen molar-refractivity contribution >= 4 is 71.9 Å². The molecule has 5 N–H and O–H groups in total. The lowest BCUT2D eigenvalue weighted by Crippen LogP contribution is -2.25. The van der Waals surface area contributed by atoms with Crippen LogP contribution in [-0.4, -0.2) is 54.0 Å². The van der Waals surface area contributed by atoms with Crippen molar-refractivity contribution in [1.29, 1.82) is 0 Å². The van der Waals surface area contributed by atoms with Crippen molar-refractivity contribution in [1.82, 2.24) is 0 Å². The lowest BCUT2D eigenvalue weighted by molar-refractivity contribution is 0.102. The van der Waals surface area contributed by atoms with E-state index in [9.17, 15) is 26.7 Å². The summed E-state index contributed by atoms with van der Waals surface area (Å²) >= 11 is 11.8. The van der Waals surface area contributed by atoms with Gasteiger partial charge in [-0.1, -0.05) is 65.7 Å². The highest BCUT2D eigenvalue weighted by Gasteiger charge is 2.25. The highest BCUT2D eigenvalue weighted by molar-refractivity contribution is 7.92. The Labute approximate surface area is 378 Å². The van der Waals surface area contributed by atoms with Gasteiger partial charge in [0.25, 0.3) is 15.9 Å². The number of aryl methyl sites for hydroxylation is 5. The van der Waals surface area contributed by atoms with Gasteiger partial charge in [-0.05, 0) is 157 Å². The van der Waals surface area contributed by atoms with Crippen molar-refractivity contribution in [3.05, 3.63) is 133 Å². The maximum absolute atomic E-state index is 12.9. The highest BCUT2D eigenvalue weighted by atomic mass is 35.5. The van der Waals surface area contributed by atoms with Gasteiger partial charge in [-0.25, -0.2) is 22.0 Å². The number of hydrogen-bond acceptors (Lipinski definition) is 8. The molecule has 1 fully saturated rings. The molecule has 0 aromatic heterocycles. The molecule has 5 aromatic carbocycles. The van der Waals surface area contributed by atoms with E-state index in [1.54, 1.807) is 18.2 Å². The number of nitrogens with zero attached hydrogens (tertiary/aromatic N) is 2. The van der Waals surface area contributed by atoms with Crippen molar-refractivity contribution in [2.24, 2.45) is 5.14 Å². The number of carbonyl (C=O) groups is 1. The van der Waals surface area contributed by atoms with E-state index in [-0.39, 0.29) is 25.7 Å². The number of hydrogen-bond donors (Lipinski definition) is 4. The first kappa shape index (κ1) is 49.9. The number of phenols is 1. The maximum Gasteiger partial charge on any atom is 0.265 e. The fraction of sp³-hybridized carbons (Fsp3) is 0.340. The van der Waals surface area contributed by atoms with E-state index in [1.807, 2.05) is 58.9 Å². The minimum absolute atomic E-state index is 0.0244. The van der Waals surface area contributed by atoms with E-state index in [1.165, 1.54) is 53.9 Å². The summed E-state index contributed by atoms with van der Waals surface area (Å²) in [5.74, 6) is -0.552. The van der Waals surface area contributed by atoms with E-state index in [0.29, 0.717) is 5.69 Å². The van der Waals surface area contributed by atoms with Crippen LogP contribution < -0.4 is 25.0 Å². The van der Waals surface area contributed by atoms with Crippen LogP contribution in [0.1, 0.15) is 81.6 Å². The van der Waals surface area contributed by atoms with Crippen LogP contribution in [0, 0.1) is 55.4 Å². The molecule has 0 atom stereocenters. The smallest absolute Gasteiger partial charge is 0.265 e. The van der Waals surface area contributed by atoms with Gasteiger partial charge in [0.05, 0.1) is 15.6 Å². The molecule has 0 radical (unpaired) electrons. The van der Waals surface area contributed by atoms with Crippen LogP contribution in [0.4, 0.5) is 22.7 Å². The third-order valence-corrected chi connectivity index (χ3v) is 13.8. The second-order valence-corrected chi connectivity index (χ2v) is 19.5. The number of anilines is 4. The summed E-state index contributed by atoms with van der Waals surface area (Å²) in [7, 11) is -7.59. The number of nitrogens with two attached hydrogens (primary N) is 1. The number of aromatic hydroxyl groups is 1. The Morgan fingerprint density at radius 2 is 1.31 bits per heavy atom. The molecule has 0 spiro atoms. The van der Waals surface area contributed by atoms with Crippen LogP contribution in [0.15, 0.2) is 82.6 Å². The molecule has 0 aliphatic carbocycles. The fourth-order valence-corrected chi connectivity index (χ4v) is 10.4. The number of benzene rings is 5. The molecule has 11 nitrogen and oxygen atoms in total. The molecule has 1 aliphatic heterocycles. The number of nitrogens with one attached hydrogen (secondary N) is 2. The van der Waals surface area contributed by atoms with Gasteiger partial charge in [0.2, 0.25) is 10.0 Å². The zero-order valence-electron chi connectivity index (χ0n) is 37.2. The first-order valence-corrected chi connectivity index (χ1v) is 24.2. The third-order valence-electron chi connectivity index (χ3n) is 11.0. The first-order valence-electron chi connectivity index (χ1n) is 20.4.